The molecule has 88 valence electrons. The summed E-state index contributed by atoms with van der Waals surface area (Å²) in [6, 6.07) is 3.14. The molecule has 0 aliphatic heterocycles. The predicted octanol–water partition coefficient (Wildman–Crippen LogP) is 1.30. The molecule has 0 spiro atoms. The summed E-state index contributed by atoms with van der Waals surface area (Å²) in [6.45, 7) is -0.00755. The molecule has 1 aromatic heterocycles. The van der Waals surface area contributed by atoms with Gasteiger partial charge in [-0.2, -0.15) is 0 Å². The first-order chi connectivity index (χ1) is 8.06. The van der Waals surface area contributed by atoms with Crippen molar-refractivity contribution in [2.24, 2.45) is 0 Å². The van der Waals surface area contributed by atoms with E-state index in [1.807, 2.05) is 0 Å². The average Bonchev–Trinajstić information content (AvgIpc) is 2.71. The van der Waals surface area contributed by atoms with Gasteiger partial charge in [-0.1, -0.05) is 11.3 Å². The molecule has 1 aromatic carbocycles. The number of nitrogens with zero attached hydrogens (tertiary/aromatic N) is 3. The summed E-state index contributed by atoms with van der Waals surface area (Å²) in [6.07, 6.45) is 1.17. The van der Waals surface area contributed by atoms with Crippen LogP contribution in [-0.2, 0) is 6.54 Å². The molecule has 0 aliphatic rings. The van der Waals surface area contributed by atoms with Gasteiger partial charge in [-0.3, -0.25) is 0 Å². The first kappa shape index (κ1) is 11.2. The van der Waals surface area contributed by atoms with Crippen molar-refractivity contribution >= 4 is 5.97 Å². The van der Waals surface area contributed by atoms with Crippen LogP contribution in [0.1, 0.15) is 16.1 Å². The minimum Gasteiger partial charge on any atom is -0.476 e. The van der Waals surface area contributed by atoms with E-state index in [0.29, 0.717) is 0 Å². The summed E-state index contributed by atoms with van der Waals surface area (Å²) < 4.78 is 27.1. The Balaban J connectivity index is 2.22. The number of carbonyl (C=O) groups is 1. The third-order valence-electron chi connectivity index (χ3n) is 2.11. The number of carboxylic acid groups (broad SMARTS) is 1. The molecule has 5 nitrogen and oxygen atoms in total. The Labute approximate surface area is 94.3 Å². The average molecular weight is 239 g/mol. The van der Waals surface area contributed by atoms with Gasteiger partial charge in [0.2, 0.25) is 0 Å². The number of benzene rings is 1. The summed E-state index contributed by atoms with van der Waals surface area (Å²) in [5.74, 6) is -2.59. The number of carboxylic acids is 1. The molecule has 17 heavy (non-hydrogen) atoms. The van der Waals surface area contributed by atoms with Crippen molar-refractivity contribution < 1.29 is 18.7 Å². The number of aromatic nitrogens is 3. The Kier molecular flexibility index (Phi) is 2.82. The van der Waals surface area contributed by atoms with Gasteiger partial charge in [0.05, 0.1) is 12.7 Å². The van der Waals surface area contributed by atoms with Crippen molar-refractivity contribution in [3.05, 3.63) is 47.3 Å². The fraction of sp³-hybridized carbons (Fsp3) is 0.100. The zero-order valence-corrected chi connectivity index (χ0v) is 8.47. The Morgan fingerprint density at radius 2 is 2.18 bits per heavy atom. The van der Waals surface area contributed by atoms with Crippen LogP contribution in [0.3, 0.4) is 0 Å². The third kappa shape index (κ3) is 2.44. The molecule has 0 atom stereocenters. The second-order valence-corrected chi connectivity index (χ2v) is 3.34. The highest BCUT2D eigenvalue weighted by Gasteiger charge is 2.10. The molecule has 0 radical (unpaired) electrons. The molecule has 0 saturated carbocycles. The third-order valence-corrected chi connectivity index (χ3v) is 2.11. The van der Waals surface area contributed by atoms with Crippen molar-refractivity contribution in [1.29, 1.82) is 0 Å². The number of hydrogen-bond donors (Lipinski definition) is 1. The second kappa shape index (κ2) is 4.28. The van der Waals surface area contributed by atoms with E-state index in [4.69, 9.17) is 5.11 Å². The normalized spacial score (nSPS) is 10.5. The fourth-order valence-electron chi connectivity index (χ4n) is 1.30. The molecule has 0 fully saturated rings. The molecule has 0 amide bonds. The van der Waals surface area contributed by atoms with Crippen molar-refractivity contribution in [1.82, 2.24) is 15.0 Å². The number of aromatic carboxylic acids is 1. The largest absolute Gasteiger partial charge is 0.476 e. The lowest BCUT2D eigenvalue weighted by Crippen LogP contribution is -2.03. The minimum atomic E-state index is -1.21. The van der Waals surface area contributed by atoms with Crippen LogP contribution < -0.4 is 0 Å². The molecular weight excluding hydrogens is 232 g/mol. The quantitative estimate of drug-likeness (QED) is 0.876. The maximum atomic E-state index is 13.3. The van der Waals surface area contributed by atoms with Crippen LogP contribution in [0.2, 0.25) is 0 Å². The van der Waals surface area contributed by atoms with Gasteiger partial charge in [0, 0.05) is 11.6 Å². The SMILES string of the molecule is O=C(O)c1cn(Cc2ccc(F)cc2F)nn1. The van der Waals surface area contributed by atoms with Crippen LogP contribution in [0, 0.1) is 11.6 Å². The van der Waals surface area contributed by atoms with Crippen LogP contribution >= 0.6 is 0 Å². The topological polar surface area (TPSA) is 68.0 Å². The summed E-state index contributed by atoms with van der Waals surface area (Å²) in [7, 11) is 0. The number of hydrogen-bond acceptors (Lipinski definition) is 3. The van der Waals surface area contributed by atoms with Gasteiger partial charge in [0.15, 0.2) is 5.69 Å². The van der Waals surface area contributed by atoms with E-state index in [2.05, 4.69) is 10.3 Å². The zero-order valence-electron chi connectivity index (χ0n) is 8.47. The van der Waals surface area contributed by atoms with Gasteiger partial charge in [-0.15, -0.1) is 5.10 Å². The number of halogens is 2. The number of rotatable bonds is 3. The van der Waals surface area contributed by atoms with E-state index in [-0.39, 0.29) is 17.8 Å². The molecule has 2 rings (SSSR count). The lowest BCUT2D eigenvalue weighted by molar-refractivity contribution is 0.0690. The highest BCUT2D eigenvalue weighted by atomic mass is 19.1. The van der Waals surface area contributed by atoms with Crippen LogP contribution in [0.4, 0.5) is 8.78 Å². The van der Waals surface area contributed by atoms with Gasteiger partial charge in [-0.25, -0.2) is 18.3 Å². The Hall–Kier alpha value is -2.31. The Bertz CT molecular complexity index is 568. The molecule has 0 unspecified atom stereocenters. The monoisotopic (exact) mass is 239 g/mol. The van der Waals surface area contributed by atoms with Crippen LogP contribution in [0.5, 0.6) is 0 Å². The van der Waals surface area contributed by atoms with Crippen molar-refractivity contribution in [2.45, 2.75) is 6.54 Å². The summed E-state index contributed by atoms with van der Waals surface area (Å²) >= 11 is 0. The first-order valence-corrected chi connectivity index (χ1v) is 4.63. The molecular formula is C10H7F2N3O2. The van der Waals surface area contributed by atoms with E-state index in [1.54, 1.807) is 0 Å². The van der Waals surface area contributed by atoms with Crippen LogP contribution in [0.25, 0.3) is 0 Å². The highest BCUT2D eigenvalue weighted by molar-refractivity contribution is 5.84. The smallest absolute Gasteiger partial charge is 0.358 e. The van der Waals surface area contributed by atoms with E-state index in [0.717, 1.165) is 12.1 Å². The standard InChI is InChI=1S/C10H7F2N3O2/c11-7-2-1-6(8(12)3-7)4-15-5-9(10(16)17)13-14-15/h1-3,5H,4H2,(H,16,17). The lowest BCUT2D eigenvalue weighted by atomic mass is 10.2. The van der Waals surface area contributed by atoms with E-state index in [9.17, 15) is 13.6 Å². The molecule has 7 heteroatoms. The summed E-state index contributed by atoms with van der Waals surface area (Å²) in [5.41, 5.74) is -0.0271. The van der Waals surface area contributed by atoms with E-state index in [1.165, 1.54) is 16.9 Å². The maximum absolute atomic E-state index is 13.3. The van der Waals surface area contributed by atoms with Gasteiger partial charge in [0.1, 0.15) is 11.6 Å². The molecule has 0 bridgehead atoms. The summed E-state index contributed by atoms with van der Waals surface area (Å²) in [5, 5.41) is 15.5. The second-order valence-electron chi connectivity index (χ2n) is 3.34. The maximum Gasteiger partial charge on any atom is 0.358 e. The molecule has 1 heterocycles. The highest BCUT2D eigenvalue weighted by Crippen LogP contribution is 2.10. The van der Waals surface area contributed by atoms with Crippen molar-refractivity contribution in [3.8, 4) is 0 Å². The van der Waals surface area contributed by atoms with Crippen LogP contribution in [-0.4, -0.2) is 26.1 Å². The zero-order chi connectivity index (χ0) is 12.4. The van der Waals surface area contributed by atoms with Gasteiger partial charge >= 0.3 is 5.97 Å². The van der Waals surface area contributed by atoms with Gasteiger partial charge in [0.25, 0.3) is 0 Å². The Morgan fingerprint density at radius 3 is 2.76 bits per heavy atom. The Morgan fingerprint density at radius 1 is 1.41 bits per heavy atom. The molecule has 0 aliphatic carbocycles. The molecule has 2 aromatic rings. The van der Waals surface area contributed by atoms with Crippen LogP contribution in [0.15, 0.2) is 24.4 Å². The van der Waals surface area contributed by atoms with Crippen molar-refractivity contribution in [3.63, 3.8) is 0 Å². The molecule has 1 N–H and O–H groups in total. The molecule has 0 saturated heterocycles. The van der Waals surface area contributed by atoms with Gasteiger partial charge in [-0.05, 0) is 6.07 Å². The van der Waals surface area contributed by atoms with E-state index >= 15 is 0 Å². The predicted molar refractivity (Wildman–Crippen MR) is 52.4 cm³/mol. The first-order valence-electron chi connectivity index (χ1n) is 4.63. The van der Waals surface area contributed by atoms with Crippen molar-refractivity contribution in [2.75, 3.05) is 0 Å². The fourth-order valence-corrected chi connectivity index (χ4v) is 1.30. The van der Waals surface area contributed by atoms with Gasteiger partial charge < -0.3 is 5.11 Å². The van der Waals surface area contributed by atoms with E-state index < -0.39 is 17.6 Å². The lowest BCUT2D eigenvalue weighted by Gasteiger charge is -2.02. The summed E-state index contributed by atoms with van der Waals surface area (Å²) in [4.78, 5) is 10.5. The minimum absolute atomic E-state index is 0.00755.